The lowest BCUT2D eigenvalue weighted by Gasteiger charge is -2.02. The van der Waals surface area contributed by atoms with Gasteiger partial charge in [-0.2, -0.15) is 0 Å². The molecule has 0 atom stereocenters. The molecule has 0 aliphatic carbocycles. The quantitative estimate of drug-likeness (QED) is 0.657. The van der Waals surface area contributed by atoms with Crippen LogP contribution in [0, 0.1) is 0 Å². The lowest BCUT2D eigenvalue weighted by molar-refractivity contribution is 0.282. The largest absolute Gasteiger partial charge is 0.405 e. The van der Waals surface area contributed by atoms with Crippen LogP contribution < -0.4 is 5.73 Å². The van der Waals surface area contributed by atoms with Gasteiger partial charge in [0.2, 0.25) is 0 Å². The Labute approximate surface area is 139 Å². The summed E-state index contributed by atoms with van der Waals surface area (Å²) in [4.78, 5) is 0. The minimum Gasteiger partial charge on any atom is -0.405 e. The lowest BCUT2D eigenvalue weighted by atomic mass is 10.0. The highest BCUT2D eigenvalue weighted by Gasteiger charge is 1.96. The molecule has 1 aromatic rings. The molecule has 0 radical (unpaired) electrons. The Balaban J connectivity index is -0.000000175. The fraction of sp³-hybridized carbons (Fsp3) is 0.500. The highest BCUT2D eigenvalue weighted by Crippen LogP contribution is 2.16. The van der Waals surface area contributed by atoms with Crippen molar-refractivity contribution >= 4 is 5.57 Å². The molecular formula is C20H39NO. The summed E-state index contributed by atoms with van der Waals surface area (Å²) in [5.41, 5.74) is 8.44. The van der Waals surface area contributed by atoms with Crippen molar-refractivity contribution in [2.45, 2.75) is 68.9 Å². The molecule has 0 spiro atoms. The summed E-state index contributed by atoms with van der Waals surface area (Å²) in [6.07, 6.45) is 5.38. The third-order valence-corrected chi connectivity index (χ3v) is 2.06. The normalized spacial score (nSPS) is 8.91. The Kier molecular flexibility index (Phi) is 36.1. The molecule has 0 aromatic heterocycles. The van der Waals surface area contributed by atoms with E-state index in [9.17, 15) is 0 Å². The third-order valence-electron chi connectivity index (χ3n) is 2.06. The smallest absolute Gasteiger partial charge is 0.0681 e. The molecule has 0 bridgehead atoms. The number of aliphatic hydroxyl groups excluding tert-OH is 1. The molecule has 0 unspecified atom stereocenters. The fourth-order valence-corrected chi connectivity index (χ4v) is 1.27. The Morgan fingerprint density at radius 3 is 1.59 bits per heavy atom. The van der Waals surface area contributed by atoms with Crippen LogP contribution in [0.3, 0.4) is 0 Å². The average Bonchev–Trinajstić information content (AvgIpc) is 2.66. The maximum Gasteiger partial charge on any atom is 0.0681 e. The number of allylic oxidation sites excluding steroid dienone is 3. The van der Waals surface area contributed by atoms with E-state index in [2.05, 4.69) is 0 Å². The van der Waals surface area contributed by atoms with E-state index < -0.39 is 0 Å². The van der Waals surface area contributed by atoms with Gasteiger partial charge in [-0.05, 0) is 35.9 Å². The van der Waals surface area contributed by atoms with Gasteiger partial charge in [0.1, 0.15) is 0 Å². The first kappa shape index (κ1) is 28.6. The van der Waals surface area contributed by atoms with Crippen LogP contribution >= 0.6 is 0 Å². The van der Waals surface area contributed by atoms with Crippen molar-refractivity contribution in [1.29, 1.82) is 0 Å². The zero-order chi connectivity index (χ0) is 18.4. The first-order valence-electron chi connectivity index (χ1n) is 8.56. The Morgan fingerprint density at radius 1 is 0.909 bits per heavy atom. The summed E-state index contributed by atoms with van der Waals surface area (Å²) < 4.78 is 0. The summed E-state index contributed by atoms with van der Waals surface area (Å²) in [5.74, 6) is 0. The second-order valence-corrected chi connectivity index (χ2v) is 2.96. The molecule has 0 saturated carbocycles. The van der Waals surface area contributed by atoms with Gasteiger partial charge in [0.15, 0.2) is 0 Å². The van der Waals surface area contributed by atoms with Gasteiger partial charge in [-0.1, -0.05) is 85.7 Å². The van der Waals surface area contributed by atoms with Gasteiger partial charge >= 0.3 is 0 Å². The molecule has 0 amide bonds. The van der Waals surface area contributed by atoms with E-state index in [0.717, 1.165) is 16.7 Å². The molecule has 22 heavy (non-hydrogen) atoms. The Morgan fingerprint density at radius 2 is 1.32 bits per heavy atom. The maximum atomic E-state index is 8.88. The van der Waals surface area contributed by atoms with Crippen LogP contribution in [-0.4, -0.2) is 5.11 Å². The van der Waals surface area contributed by atoms with Crippen molar-refractivity contribution in [3.8, 4) is 0 Å². The van der Waals surface area contributed by atoms with E-state index in [1.165, 1.54) is 6.20 Å². The van der Waals surface area contributed by atoms with Crippen LogP contribution in [-0.2, 0) is 6.61 Å². The molecule has 0 aliphatic rings. The van der Waals surface area contributed by atoms with Crippen LogP contribution in [0.5, 0.6) is 0 Å². The van der Waals surface area contributed by atoms with E-state index in [-0.39, 0.29) is 6.61 Å². The molecular weight excluding hydrogens is 270 g/mol. The second-order valence-electron chi connectivity index (χ2n) is 2.96. The summed E-state index contributed by atoms with van der Waals surface area (Å²) in [6, 6.07) is 7.76. The van der Waals surface area contributed by atoms with E-state index in [1.54, 1.807) is 0 Å². The highest BCUT2D eigenvalue weighted by atomic mass is 16.3. The van der Waals surface area contributed by atoms with Crippen molar-refractivity contribution in [3.63, 3.8) is 0 Å². The van der Waals surface area contributed by atoms with Crippen molar-refractivity contribution in [3.05, 3.63) is 53.7 Å². The van der Waals surface area contributed by atoms with Gasteiger partial charge in [-0.25, -0.2) is 0 Å². The topological polar surface area (TPSA) is 46.2 Å². The molecule has 0 saturated heterocycles. The minimum atomic E-state index is 0.0815. The van der Waals surface area contributed by atoms with Crippen molar-refractivity contribution in [2.75, 3.05) is 0 Å². The van der Waals surface area contributed by atoms with Gasteiger partial charge in [-0.3, -0.25) is 0 Å². The molecule has 2 nitrogen and oxygen atoms in total. The Bertz CT molecular complexity index is 337. The van der Waals surface area contributed by atoms with Crippen molar-refractivity contribution in [1.82, 2.24) is 0 Å². The van der Waals surface area contributed by atoms with Crippen molar-refractivity contribution in [2.24, 2.45) is 5.73 Å². The van der Waals surface area contributed by atoms with E-state index >= 15 is 0 Å². The monoisotopic (exact) mass is 309 g/mol. The summed E-state index contributed by atoms with van der Waals surface area (Å²) in [6.45, 7) is 18.0. The molecule has 130 valence electrons. The van der Waals surface area contributed by atoms with Gasteiger partial charge in [-0.15, -0.1) is 0 Å². The number of hydrogen-bond donors (Lipinski definition) is 2. The number of hydrogen-bond acceptors (Lipinski definition) is 2. The van der Waals surface area contributed by atoms with Gasteiger partial charge in [0, 0.05) is 0 Å². The maximum absolute atomic E-state index is 8.88. The third kappa shape index (κ3) is 14.9. The fourth-order valence-electron chi connectivity index (χ4n) is 1.27. The lowest BCUT2D eigenvalue weighted by Crippen LogP contribution is -1.86. The van der Waals surface area contributed by atoms with E-state index in [4.69, 9.17) is 10.8 Å². The molecule has 0 fully saturated rings. The Hall–Kier alpha value is -1.54. The average molecular weight is 310 g/mol. The second kappa shape index (κ2) is 27.7. The number of aliphatic hydroxyl groups is 1. The summed E-state index contributed by atoms with van der Waals surface area (Å²) >= 11 is 0. The molecule has 3 N–H and O–H groups in total. The number of rotatable bonds is 3. The predicted molar refractivity (Wildman–Crippen MR) is 105 cm³/mol. The van der Waals surface area contributed by atoms with Gasteiger partial charge in [0.25, 0.3) is 0 Å². The summed E-state index contributed by atoms with van der Waals surface area (Å²) in [5, 5.41) is 8.88. The predicted octanol–water partition coefficient (Wildman–Crippen LogP) is 6.16. The van der Waals surface area contributed by atoms with Gasteiger partial charge < -0.3 is 10.8 Å². The molecule has 2 heteroatoms. The van der Waals surface area contributed by atoms with Crippen LogP contribution in [0.2, 0.25) is 0 Å². The molecule has 1 aromatic carbocycles. The van der Waals surface area contributed by atoms with Crippen LogP contribution in [0.15, 0.2) is 42.6 Å². The zero-order valence-electron chi connectivity index (χ0n) is 16.3. The molecule has 1 rings (SSSR count). The first-order chi connectivity index (χ1) is 10.8. The SMILES string of the molecule is C/C=C(\C=C/N)c1ccc(CO)cc1.CC.CC.CC.CC. The molecule has 0 aliphatic heterocycles. The number of nitrogens with two attached hydrogens (primary N) is 1. The summed E-state index contributed by atoms with van der Waals surface area (Å²) in [7, 11) is 0. The van der Waals surface area contributed by atoms with E-state index in [0.29, 0.717) is 0 Å². The van der Waals surface area contributed by atoms with Gasteiger partial charge in [0.05, 0.1) is 6.61 Å². The van der Waals surface area contributed by atoms with Crippen LogP contribution in [0.4, 0.5) is 0 Å². The first-order valence-corrected chi connectivity index (χ1v) is 8.56. The molecule has 0 heterocycles. The van der Waals surface area contributed by atoms with Crippen LogP contribution in [0.25, 0.3) is 5.57 Å². The number of benzene rings is 1. The zero-order valence-corrected chi connectivity index (χ0v) is 16.3. The minimum absolute atomic E-state index is 0.0815. The van der Waals surface area contributed by atoms with Crippen LogP contribution in [0.1, 0.15) is 73.4 Å². The van der Waals surface area contributed by atoms with Crippen molar-refractivity contribution < 1.29 is 5.11 Å². The standard InChI is InChI=1S/C12H15NO.4C2H6/c1-2-11(7-8-13)12-5-3-10(9-14)4-6-12;4*1-2/h2-8,14H,9,13H2,1H3;4*1-2H3/b8-7-,11-2+;;;;. The van der Waals surface area contributed by atoms with E-state index in [1.807, 2.05) is 98.7 Å². The highest BCUT2D eigenvalue weighted by molar-refractivity contribution is 5.73.